The zero-order chi connectivity index (χ0) is 13.5. The van der Waals surface area contributed by atoms with Gasteiger partial charge in [0.2, 0.25) is 0 Å². The average molecular weight is 258 g/mol. The van der Waals surface area contributed by atoms with Gasteiger partial charge in [-0.15, -0.1) is 0 Å². The highest BCUT2D eigenvalue weighted by molar-refractivity contribution is 5.13. The molecule has 0 heterocycles. The Morgan fingerprint density at radius 3 is 2.47 bits per heavy atom. The number of rotatable bonds is 5. The summed E-state index contributed by atoms with van der Waals surface area (Å²) in [6.07, 6.45) is 9.40. The SMILES string of the molecule is CC(C)=CC(OCc1ccccc1)C1CCCCC1. The van der Waals surface area contributed by atoms with Crippen molar-refractivity contribution < 1.29 is 4.74 Å². The van der Waals surface area contributed by atoms with Crippen molar-refractivity contribution in [3.05, 3.63) is 47.5 Å². The first-order valence-corrected chi connectivity index (χ1v) is 7.56. The Bertz CT molecular complexity index is 383. The minimum atomic E-state index is 0.297. The van der Waals surface area contributed by atoms with Gasteiger partial charge in [0.05, 0.1) is 12.7 Å². The largest absolute Gasteiger partial charge is 0.369 e. The molecule has 1 aromatic carbocycles. The van der Waals surface area contributed by atoms with Crippen molar-refractivity contribution >= 4 is 0 Å². The molecule has 2 rings (SSSR count). The maximum Gasteiger partial charge on any atom is 0.0790 e. The minimum Gasteiger partial charge on any atom is -0.369 e. The summed E-state index contributed by atoms with van der Waals surface area (Å²) < 4.78 is 6.20. The number of benzene rings is 1. The van der Waals surface area contributed by atoms with Crippen molar-refractivity contribution in [3.63, 3.8) is 0 Å². The molecule has 0 N–H and O–H groups in total. The molecule has 1 unspecified atom stereocenters. The van der Waals surface area contributed by atoms with Crippen LogP contribution in [0.3, 0.4) is 0 Å². The summed E-state index contributed by atoms with van der Waals surface area (Å²) in [7, 11) is 0. The number of hydrogen-bond acceptors (Lipinski definition) is 1. The van der Waals surface area contributed by atoms with Gasteiger partial charge < -0.3 is 4.74 Å². The molecule has 0 bridgehead atoms. The Morgan fingerprint density at radius 2 is 1.84 bits per heavy atom. The van der Waals surface area contributed by atoms with E-state index in [1.165, 1.54) is 43.2 Å². The van der Waals surface area contributed by atoms with Crippen LogP contribution >= 0.6 is 0 Å². The fraction of sp³-hybridized carbons (Fsp3) is 0.556. The van der Waals surface area contributed by atoms with Gasteiger partial charge in [-0.2, -0.15) is 0 Å². The predicted octanol–water partition coefficient (Wildman–Crippen LogP) is 5.12. The van der Waals surface area contributed by atoms with Gasteiger partial charge in [-0.05, 0) is 38.2 Å². The molecular formula is C18H26O. The quantitative estimate of drug-likeness (QED) is 0.666. The lowest BCUT2D eigenvalue weighted by Gasteiger charge is -2.28. The van der Waals surface area contributed by atoms with Crippen molar-refractivity contribution in [1.82, 2.24) is 0 Å². The van der Waals surface area contributed by atoms with Crippen LogP contribution in [0.4, 0.5) is 0 Å². The molecule has 0 amide bonds. The van der Waals surface area contributed by atoms with Crippen LogP contribution in [-0.4, -0.2) is 6.10 Å². The lowest BCUT2D eigenvalue weighted by atomic mass is 9.84. The van der Waals surface area contributed by atoms with Crippen LogP contribution in [-0.2, 0) is 11.3 Å². The number of ether oxygens (including phenoxy) is 1. The van der Waals surface area contributed by atoms with Gasteiger partial charge in [-0.3, -0.25) is 0 Å². The molecule has 0 spiro atoms. The van der Waals surface area contributed by atoms with E-state index in [2.05, 4.69) is 50.3 Å². The first-order valence-electron chi connectivity index (χ1n) is 7.56. The maximum absolute atomic E-state index is 6.20. The lowest BCUT2D eigenvalue weighted by molar-refractivity contribution is 0.0204. The van der Waals surface area contributed by atoms with Crippen LogP contribution < -0.4 is 0 Å². The monoisotopic (exact) mass is 258 g/mol. The zero-order valence-corrected chi connectivity index (χ0v) is 12.3. The molecule has 104 valence electrons. The maximum atomic E-state index is 6.20. The van der Waals surface area contributed by atoms with Crippen LogP contribution in [0.2, 0.25) is 0 Å². The summed E-state index contributed by atoms with van der Waals surface area (Å²) in [6, 6.07) is 10.5. The molecule has 0 radical (unpaired) electrons. The summed E-state index contributed by atoms with van der Waals surface area (Å²) in [5.41, 5.74) is 2.63. The third kappa shape index (κ3) is 4.83. The molecule has 1 atom stereocenters. The molecule has 1 aliphatic carbocycles. The molecule has 1 saturated carbocycles. The van der Waals surface area contributed by atoms with E-state index in [-0.39, 0.29) is 0 Å². The summed E-state index contributed by atoms with van der Waals surface area (Å²) in [5.74, 6) is 0.715. The fourth-order valence-corrected chi connectivity index (χ4v) is 2.88. The molecule has 1 heteroatoms. The van der Waals surface area contributed by atoms with E-state index < -0.39 is 0 Å². The van der Waals surface area contributed by atoms with E-state index in [0.29, 0.717) is 12.0 Å². The molecule has 0 aliphatic heterocycles. The second-order valence-electron chi connectivity index (χ2n) is 5.90. The third-order valence-corrected chi connectivity index (χ3v) is 3.90. The van der Waals surface area contributed by atoms with Crippen molar-refractivity contribution in [2.75, 3.05) is 0 Å². The van der Waals surface area contributed by atoms with Gasteiger partial charge in [0.25, 0.3) is 0 Å². The zero-order valence-electron chi connectivity index (χ0n) is 12.3. The molecule has 1 aliphatic rings. The fourth-order valence-electron chi connectivity index (χ4n) is 2.88. The van der Waals surface area contributed by atoms with Crippen molar-refractivity contribution in [1.29, 1.82) is 0 Å². The highest BCUT2D eigenvalue weighted by atomic mass is 16.5. The topological polar surface area (TPSA) is 9.23 Å². The molecule has 19 heavy (non-hydrogen) atoms. The van der Waals surface area contributed by atoms with Crippen molar-refractivity contribution in [3.8, 4) is 0 Å². The van der Waals surface area contributed by atoms with Crippen molar-refractivity contribution in [2.45, 2.75) is 58.7 Å². The third-order valence-electron chi connectivity index (χ3n) is 3.90. The Kier molecular flexibility index (Phi) is 5.65. The van der Waals surface area contributed by atoms with Crippen LogP contribution in [0, 0.1) is 5.92 Å². The molecule has 1 fully saturated rings. The van der Waals surface area contributed by atoms with Crippen LogP contribution in [0.25, 0.3) is 0 Å². The van der Waals surface area contributed by atoms with E-state index >= 15 is 0 Å². The molecular weight excluding hydrogens is 232 g/mol. The molecule has 1 aromatic rings. The van der Waals surface area contributed by atoms with Gasteiger partial charge in [0.1, 0.15) is 0 Å². The van der Waals surface area contributed by atoms with Gasteiger partial charge in [0, 0.05) is 0 Å². The van der Waals surface area contributed by atoms with Crippen LogP contribution in [0.15, 0.2) is 42.0 Å². The first-order chi connectivity index (χ1) is 9.25. The first kappa shape index (κ1) is 14.3. The predicted molar refractivity (Wildman–Crippen MR) is 81.0 cm³/mol. The second kappa shape index (κ2) is 7.49. The van der Waals surface area contributed by atoms with E-state index in [0.717, 1.165) is 6.61 Å². The molecule has 1 nitrogen and oxygen atoms in total. The van der Waals surface area contributed by atoms with Crippen molar-refractivity contribution in [2.24, 2.45) is 5.92 Å². The highest BCUT2D eigenvalue weighted by Crippen LogP contribution is 2.29. The number of hydrogen-bond donors (Lipinski definition) is 0. The molecule has 0 aromatic heterocycles. The highest BCUT2D eigenvalue weighted by Gasteiger charge is 2.22. The van der Waals surface area contributed by atoms with Crippen LogP contribution in [0.5, 0.6) is 0 Å². The van der Waals surface area contributed by atoms with Gasteiger partial charge in [0.15, 0.2) is 0 Å². The standard InChI is InChI=1S/C18H26O/c1-15(2)13-18(17-11-7-4-8-12-17)19-14-16-9-5-3-6-10-16/h3,5-6,9-10,13,17-18H,4,7-8,11-12,14H2,1-2H3. The van der Waals surface area contributed by atoms with Gasteiger partial charge in [-0.25, -0.2) is 0 Å². The summed E-state index contributed by atoms with van der Waals surface area (Å²) in [6.45, 7) is 5.06. The normalized spacial score (nSPS) is 18.0. The summed E-state index contributed by atoms with van der Waals surface area (Å²) in [4.78, 5) is 0. The van der Waals surface area contributed by atoms with E-state index in [9.17, 15) is 0 Å². The second-order valence-corrected chi connectivity index (χ2v) is 5.90. The summed E-state index contributed by atoms with van der Waals surface area (Å²) in [5, 5.41) is 0. The summed E-state index contributed by atoms with van der Waals surface area (Å²) >= 11 is 0. The number of allylic oxidation sites excluding steroid dienone is 1. The lowest BCUT2D eigenvalue weighted by Crippen LogP contribution is -2.24. The van der Waals surface area contributed by atoms with Gasteiger partial charge >= 0.3 is 0 Å². The van der Waals surface area contributed by atoms with E-state index in [1.54, 1.807) is 0 Å². The van der Waals surface area contributed by atoms with Gasteiger partial charge in [-0.1, -0.05) is 61.2 Å². The average Bonchev–Trinajstić information content (AvgIpc) is 2.45. The Hall–Kier alpha value is -1.08. The van der Waals surface area contributed by atoms with E-state index in [1.807, 2.05) is 0 Å². The Balaban J connectivity index is 1.95. The minimum absolute atomic E-state index is 0.297. The van der Waals surface area contributed by atoms with Crippen LogP contribution in [0.1, 0.15) is 51.5 Å². The molecule has 0 saturated heterocycles. The van der Waals surface area contributed by atoms with E-state index in [4.69, 9.17) is 4.74 Å². The Morgan fingerprint density at radius 1 is 1.16 bits per heavy atom. The Labute approximate surface area is 117 Å². The smallest absolute Gasteiger partial charge is 0.0790 e.